The van der Waals surface area contributed by atoms with Gasteiger partial charge in [0.1, 0.15) is 11.5 Å². The van der Waals surface area contributed by atoms with Crippen LogP contribution in [0.4, 0.5) is 4.79 Å². The van der Waals surface area contributed by atoms with Crippen LogP contribution >= 0.6 is 0 Å². The number of nitrogens with one attached hydrogen (secondary N) is 1. The molecular weight excluding hydrogens is 268 g/mol. The predicted molar refractivity (Wildman–Crippen MR) is 81.3 cm³/mol. The summed E-state index contributed by atoms with van der Waals surface area (Å²) in [5.41, 5.74) is 0. The van der Waals surface area contributed by atoms with Gasteiger partial charge in [-0.25, -0.2) is 4.79 Å². The smallest absolute Gasteiger partial charge is 0.318 e. The molecule has 0 radical (unpaired) electrons. The number of carbonyl (C=O) groups is 1. The fourth-order valence-electron chi connectivity index (χ4n) is 2.73. The molecule has 21 heavy (non-hydrogen) atoms. The lowest BCUT2D eigenvalue weighted by Crippen LogP contribution is -2.43. The predicted octanol–water partition coefficient (Wildman–Crippen LogP) is 3.11. The number of carbonyl (C=O) groups excluding carboxylic acids is 1. The van der Waals surface area contributed by atoms with Gasteiger partial charge in [0.05, 0.1) is 6.04 Å². The van der Waals surface area contributed by atoms with E-state index in [1.165, 1.54) is 0 Å². The number of urea groups is 1. The van der Waals surface area contributed by atoms with Gasteiger partial charge in [-0.2, -0.15) is 0 Å². The molecule has 0 spiro atoms. The molecule has 5 nitrogen and oxygen atoms in total. The van der Waals surface area contributed by atoms with Crippen molar-refractivity contribution in [1.82, 2.24) is 10.2 Å². The van der Waals surface area contributed by atoms with Crippen molar-refractivity contribution in [3.8, 4) is 0 Å². The molecule has 1 fully saturated rings. The molecular formula is C16H26N2O3. The number of likely N-dealkylation sites (tertiary alicyclic amines) is 1. The molecule has 1 aromatic heterocycles. The lowest BCUT2D eigenvalue weighted by Gasteiger charge is -2.25. The number of aryl methyl sites for hydroxylation is 1. The molecule has 0 bridgehead atoms. The van der Waals surface area contributed by atoms with Gasteiger partial charge in [0.25, 0.3) is 0 Å². The molecule has 2 heterocycles. The molecule has 1 saturated heterocycles. The molecule has 0 unspecified atom stereocenters. The second-order valence-corrected chi connectivity index (χ2v) is 5.64. The van der Waals surface area contributed by atoms with Gasteiger partial charge in [0, 0.05) is 32.7 Å². The quantitative estimate of drug-likeness (QED) is 0.877. The third-order valence-electron chi connectivity index (χ3n) is 4.00. The van der Waals surface area contributed by atoms with Crippen LogP contribution in [0, 0.1) is 0 Å². The summed E-state index contributed by atoms with van der Waals surface area (Å²) in [6, 6.07) is 4.19. The number of furan rings is 1. The molecule has 1 N–H and O–H groups in total. The van der Waals surface area contributed by atoms with Crippen LogP contribution in [0.15, 0.2) is 16.5 Å². The van der Waals surface area contributed by atoms with Crippen LogP contribution in [0.2, 0.25) is 0 Å². The van der Waals surface area contributed by atoms with Crippen molar-refractivity contribution in [1.29, 1.82) is 0 Å². The molecule has 2 amide bonds. The van der Waals surface area contributed by atoms with Gasteiger partial charge >= 0.3 is 6.03 Å². The molecule has 1 aliphatic heterocycles. The normalized spacial score (nSPS) is 19.8. The molecule has 0 saturated carbocycles. The summed E-state index contributed by atoms with van der Waals surface area (Å²) in [6.45, 7) is 5.52. The largest absolute Gasteiger partial charge is 0.464 e. The highest BCUT2D eigenvalue weighted by Crippen LogP contribution is 2.33. The molecule has 0 aliphatic carbocycles. The van der Waals surface area contributed by atoms with Crippen LogP contribution in [0.1, 0.15) is 50.7 Å². The van der Waals surface area contributed by atoms with Gasteiger partial charge in [0.15, 0.2) is 0 Å². The van der Waals surface area contributed by atoms with Crippen LogP contribution in [-0.2, 0) is 11.2 Å². The van der Waals surface area contributed by atoms with Crippen LogP contribution in [0.5, 0.6) is 0 Å². The number of rotatable bonds is 6. The minimum atomic E-state index is -0.00412. The number of methoxy groups -OCH3 is 1. The van der Waals surface area contributed by atoms with E-state index in [0.29, 0.717) is 6.61 Å². The van der Waals surface area contributed by atoms with Gasteiger partial charge in [-0.15, -0.1) is 0 Å². The van der Waals surface area contributed by atoms with E-state index >= 15 is 0 Å². The monoisotopic (exact) mass is 294 g/mol. The van der Waals surface area contributed by atoms with E-state index in [9.17, 15) is 4.79 Å². The molecule has 2 atom stereocenters. The lowest BCUT2D eigenvalue weighted by atomic mass is 10.2. The highest BCUT2D eigenvalue weighted by Gasteiger charge is 2.32. The van der Waals surface area contributed by atoms with E-state index in [2.05, 4.69) is 12.2 Å². The fourth-order valence-corrected chi connectivity index (χ4v) is 2.73. The van der Waals surface area contributed by atoms with Gasteiger partial charge < -0.3 is 19.4 Å². The maximum absolute atomic E-state index is 12.4. The minimum Gasteiger partial charge on any atom is -0.464 e. The van der Waals surface area contributed by atoms with E-state index in [0.717, 1.165) is 43.7 Å². The average molecular weight is 294 g/mol. The van der Waals surface area contributed by atoms with E-state index < -0.39 is 0 Å². The summed E-state index contributed by atoms with van der Waals surface area (Å²) in [5.74, 6) is 1.88. The Morgan fingerprint density at radius 1 is 1.57 bits per heavy atom. The summed E-state index contributed by atoms with van der Waals surface area (Å²) < 4.78 is 10.9. The van der Waals surface area contributed by atoms with Crippen molar-refractivity contribution in [2.24, 2.45) is 0 Å². The Hall–Kier alpha value is -1.49. The summed E-state index contributed by atoms with van der Waals surface area (Å²) in [6.07, 6.45) is 3.69. The maximum Gasteiger partial charge on any atom is 0.318 e. The molecule has 1 aromatic rings. The topological polar surface area (TPSA) is 54.7 Å². The SMILES string of the molecule is CCc1ccc([C@H]2CCCN2C(=O)N[C@@H](C)CCOC)o1. The van der Waals surface area contributed by atoms with Crippen LogP contribution in [0.3, 0.4) is 0 Å². The number of hydrogen-bond acceptors (Lipinski definition) is 3. The summed E-state index contributed by atoms with van der Waals surface area (Å²) in [4.78, 5) is 14.3. The number of hydrogen-bond donors (Lipinski definition) is 1. The van der Waals surface area contributed by atoms with E-state index in [1.807, 2.05) is 24.0 Å². The second-order valence-electron chi connectivity index (χ2n) is 5.64. The van der Waals surface area contributed by atoms with Gasteiger partial charge in [-0.3, -0.25) is 0 Å². The minimum absolute atomic E-state index is 0.00412. The first-order chi connectivity index (χ1) is 10.2. The third-order valence-corrected chi connectivity index (χ3v) is 4.00. The van der Waals surface area contributed by atoms with Crippen molar-refractivity contribution >= 4 is 6.03 Å². The van der Waals surface area contributed by atoms with Gasteiger partial charge in [-0.05, 0) is 38.3 Å². The van der Waals surface area contributed by atoms with E-state index in [1.54, 1.807) is 7.11 Å². The van der Waals surface area contributed by atoms with Crippen LogP contribution in [-0.4, -0.2) is 37.2 Å². The maximum atomic E-state index is 12.4. The highest BCUT2D eigenvalue weighted by atomic mass is 16.5. The van der Waals surface area contributed by atoms with Crippen molar-refractivity contribution in [2.45, 2.75) is 51.6 Å². The van der Waals surface area contributed by atoms with Crippen molar-refractivity contribution < 1.29 is 13.9 Å². The Labute approximate surface area is 126 Å². The molecule has 5 heteroatoms. The Balaban J connectivity index is 1.96. The first kappa shape index (κ1) is 15.9. The number of amides is 2. The molecule has 2 rings (SSSR count). The highest BCUT2D eigenvalue weighted by molar-refractivity contribution is 5.75. The first-order valence-electron chi connectivity index (χ1n) is 7.80. The zero-order valence-electron chi connectivity index (χ0n) is 13.2. The summed E-state index contributed by atoms with van der Waals surface area (Å²) in [7, 11) is 1.67. The van der Waals surface area contributed by atoms with Crippen LogP contribution in [0.25, 0.3) is 0 Å². The average Bonchev–Trinajstić information content (AvgIpc) is 3.12. The first-order valence-corrected chi connectivity index (χ1v) is 7.80. The number of nitrogens with zero attached hydrogens (tertiary/aromatic N) is 1. The summed E-state index contributed by atoms with van der Waals surface area (Å²) in [5, 5.41) is 3.04. The Morgan fingerprint density at radius 2 is 2.38 bits per heavy atom. The van der Waals surface area contributed by atoms with Crippen molar-refractivity contribution in [3.63, 3.8) is 0 Å². The third kappa shape index (κ3) is 4.00. The zero-order valence-corrected chi connectivity index (χ0v) is 13.2. The second kappa shape index (κ2) is 7.50. The molecule has 1 aliphatic rings. The van der Waals surface area contributed by atoms with Gasteiger partial charge in [0.2, 0.25) is 0 Å². The van der Waals surface area contributed by atoms with Gasteiger partial charge in [-0.1, -0.05) is 6.92 Å². The van der Waals surface area contributed by atoms with Crippen LogP contribution < -0.4 is 5.32 Å². The van der Waals surface area contributed by atoms with E-state index in [4.69, 9.17) is 9.15 Å². The Kier molecular flexibility index (Phi) is 5.67. The molecule has 118 valence electrons. The lowest BCUT2D eigenvalue weighted by molar-refractivity contribution is 0.169. The fraction of sp³-hybridized carbons (Fsp3) is 0.688. The Morgan fingerprint density at radius 3 is 3.05 bits per heavy atom. The standard InChI is InChI=1S/C16H26N2O3/c1-4-13-7-8-15(21-13)14-6-5-10-18(14)16(19)17-12(2)9-11-20-3/h7-8,12,14H,4-6,9-11H2,1-3H3,(H,17,19)/t12-,14+/m0/s1. The zero-order chi connectivity index (χ0) is 15.2. The summed E-state index contributed by atoms with van der Waals surface area (Å²) >= 11 is 0. The van der Waals surface area contributed by atoms with Crippen molar-refractivity contribution in [2.75, 3.05) is 20.3 Å². The molecule has 0 aromatic carbocycles. The van der Waals surface area contributed by atoms with Crippen molar-refractivity contribution in [3.05, 3.63) is 23.7 Å². The number of ether oxygens (including phenoxy) is 1. The Bertz CT molecular complexity index is 458. The van der Waals surface area contributed by atoms with E-state index in [-0.39, 0.29) is 18.1 Å².